The summed E-state index contributed by atoms with van der Waals surface area (Å²) >= 11 is 24.2. The minimum absolute atomic E-state index is 0.0856. The molecular formula is C22H18Cl4N4O2. The maximum Gasteiger partial charge on any atom is 0.260 e. The molecule has 1 amide bonds. The maximum atomic E-state index is 12.5. The monoisotopic (exact) mass is 510 g/mol. The lowest BCUT2D eigenvalue weighted by molar-refractivity contribution is -0.133. The van der Waals surface area contributed by atoms with Gasteiger partial charge in [-0.2, -0.15) is 0 Å². The Morgan fingerprint density at radius 1 is 0.844 bits per heavy atom. The smallest absolute Gasteiger partial charge is 0.260 e. The van der Waals surface area contributed by atoms with Crippen LogP contribution in [-0.4, -0.2) is 53.8 Å². The van der Waals surface area contributed by atoms with Crippen molar-refractivity contribution in [3.8, 4) is 17.0 Å². The topological polar surface area (TPSA) is 58.6 Å². The van der Waals surface area contributed by atoms with Crippen molar-refractivity contribution in [1.82, 2.24) is 15.1 Å². The Morgan fingerprint density at radius 3 is 2.16 bits per heavy atom. The van der Waals surface area contributed by atoms with Crippen LogP contribution in [0.25, 0.3) is 11.3 Å². The Kier molecular flexibility index (Phi) is 7.26. The largest absolute Gasteiger partial charge is 0.482 e. The van der Waals surface area contributed by atoms with Gasteiger partial charge in [-0.25, -0.2) is 0 Å². The molecule has 1 aliphatic heterocycles. The predicted molar refractivity (Wildman–Crippen MR) is 128 cm³/mol. The van der Waals surface area contributed by atoms with Gasteiger partial charge in [-0.05, 0) is 48.5 Å². The molecule has 166 valence electrons. The van der Waals surface area contributed by atoms with Crippen LogP contribution in [0.2, 0.25) is 20.1 Å². The van der Waals surface area contributed by atoms with Gasteiger partial charge in [0.25, 0.3) is 5.91 Å². The molecule has 2 heterocycles. The van der Waals surface area contributed by atoms with Crippen molar-refractivity contribution in [2.75, 3.05) is 37.7 Å². The third-order valence-corrected chi connectivity index (χ3v) is 6.14. The number of benzene rings is 2. The lowest BCUT2D eigenvalue weighted by Gasteiger charge is -2.35. The van der Waals surface area contributed by atoms with Crippen molar-refractivity contribution < 1.29 is 9.53 Å². The minimum atomic E-state index is -0.102. The Hall–Kier alpha value is -2.25. The van der Waals surface area contributed by atoms with Crippen molar-refractivity contribution in [1.29, 1.82) is 0 Å². The van der Waals surface area contributed by atoms with Crippen LogP contribution in [0, 0.1) is 0 Å². The van der Waals surface area contributed by atoms with E-state index in [1.807, 2.05) is 18.2 Å². The predicted octanol–water partition coefficient (Wildman–Crippen LogP) is 5.48. The van der Waals surface area contributed by atoms with E-state index in [1.54, 1.807) is 35.2 Å². The van der Waals surface area contributed by atoms with Crippen LogP contribution in [0.5, 0.6) is 5.75 Å². The SMILES string of the molecule is O=C(COc1ccc(Cl)cc1Cl)N1CCN(c2ccc(-c3ccc(Cl)cc3Cl)nn2)CC1. The van der Waals surface area contributed by atoms with Gasteiger partial charge in [-0.15, -0.1) is 10.2 Å². The van der Waals surface area contributed by atoms with Crippen LogP contribution in [0.4, 0.5) is 5.82 Å². The molecule has 4 rings (SSSR count). The second kappa shape index (κ2) is 10.1. The van der Waals surface area contributed by atoms with Crippen LogP contribution >= 0.6 is 46.4 Å². The second-order valence-corrected chi connectivity index (χ2v) is 8.82. The fourth-order valence-corrected chi connectivity index (χ4v) is 4.31. The highest BCUT2D eigenvalue weighted by molar-refractivity contribution is 6.36. The summed E-state index contributed by atoms with van der Waals surface area (Å²) in [5, 5.41) is 10.6. The van der Waals surface area contributed by atoms with Crippen LogP contribution in [-0.2, 0) is 4.79 Å². The average molecular weight is 512 g/mol. The molecule has 0 radical (unpaired) electrons. The summed E-state index contributed by atoms with van der Waals surface area (Å²) in [4.78, 5) is 16.4. The van der Waals surface area contributed by atoms with E-state index in [0.717, 1.165) is 11.4 Å². The third-order valence-electron chi connectivity index (χ3n) is 5.06. The molecule has 2 aromatic carbocycles. The standard InChI is InChI=1S/C22H18Cl4N4O2/c23-14-1-3-16(17(25)11-14)19-4-6-21(28-27-19)29-7-9-30(10-8-29)22(31)13-32-20-5-2-15(24)12-18(20)26/h1-6,11-12H,7-10,13H2. The van der Waals surface area contributed by atoms with E-state index >= 15 is 0 Å². The van der Waals surface area contributed by atoms with Crippen LogP contribution in [0.15, 0.2) is 48.5 Å². The zero-order chi connectivity index (χ0) is 22.7. The van der Waals surface area contributed by atoms with Crippen molar-refractivity contribution in [3.63, 3.8) is 0 Å². The number of halogens is 4. The molecule has 0 atom stereocenters. The van der Waals surface area contributed by atoms with Gasteiger partial charge in [-0.1, -0.05) is 46.4 Å². The molecule has 6 nitrogen and oxygen atoms in total. The highest BCUT2D eigenvalue weighted by Crippen LogP contribution is 2.30. The average Bonchev–Trinajstić information content (AvgIpc) is 2.79. The molecular weight excluding hydrogens is 494 g/mol. The van der Waals surface area contributed by atoms with E-state index in [4.69, 9.17) is 51.1 Å². The van der Waals surface area contributed by atoms with Crippen molar-refractivity contribution >= 4 is 58.1 Å². The van der Waals surface area contributed by atoms with E-state index in [9.17, 15) is 4.79 Å². The van der Waals surface area contributed by atoms with Gasteiger partial charge in [-0.3, -0.25) is 4.79 Å². The van der Waals surface area contributed by atoms with Crippen LogP contribution < -0.4 is 9.64 Å². The van der Waals surface area contributed by atoms with Crippen LogP contribution in [0.3, 0.4) is 0 Å². The van der Waals surface area contributed by atoms with Gasteiger partial charge in [0.2, 0.25) is 0 Å². The summed E-state index contributed by atoms with van der Waals surface area (Å²) in [5.41, 5.74) is 1.44. The quantitative estimate of drug-likeness (QED) is 0.453. The number of nitrogens with zero attached hydrogens (tertiary/aromatic N) is 4. The van der Waals surface area contributed by atoms with E-state index in [1.165, 1.54) is 0 Å². The van der Waals surface area contributed by atoms with Crippen molar-refractivity contribution in [3.05, 3.63) is 68.6 Å². The van der Waals surface area contributed by atoms with Gasteiger partial charge < -0.3 is 14.5 Å². The van der Waals surface area contributed by atoms with Gasteiger partial charge in [0.15, 0.2) is 12.4 Å². The Bertz CT molecular complexity index is 1120. The first-order valence-electron chi connectivity index (χ1n) is 9.80. The Morgan fingerprint density at radius 2 is 1.53 bits per heavy atom. The lowest BCUT2D eigenvalue weighted by atomic mass is 10.1. The number of carbonyl (C=O) groups is 1. The first-order chi connectivity index (χ1) is 15.4. The van der Waals surface area contributed by atoms with E-state index < -0.39 is 0 Å². The highest BCUT2D eigenvalue weighted by atomic mass is 35.5. The fraction of sp³-hybridized carbons (Fsp3) is 0.227. The number of rotatable bonds is 5. The number of aromatic nitrogens is 2. The summed E-state index contributed by atoms with van der Waals surface area (Å²) in [6, 6.07) is 13.9. The zero-order valence-electron chi connectivity index (χ0n) is 16.8. The lowest BCUT2D eigenvalue weighted by Crippen LogP contribution is -2.50. The zero-order valence-corrected chi connectivity index (χ0v) is 19.8. The third kappa shape index (κ3) is 5.38. The highest BCUT2D eigenvalue weighted by Gasteiger charge is 2.23. The molecule has 0 bridgehead atoms. The first-order valence-corrected chi connectivity index (χ1v) is 11.3. The summed E-state index contributed by atoms with van der Waals surface area (Å²) in [6.45, 7) is 2.32. The Labute approximate surface area is 205 Å². The maximum absolute atomic E-state index is 12.5. The molecule has 1 fully saturated rings. The summed E-state index contributed by atoms with van der Waals surface area (Å²) in [6.07, 6.45) is 0. The van der Waals surface area contributed by atoms with Gasteiger partial charge in [0.05, 0.1) is 15.7 Å². The van der Waals surface area contributed by atoms with Crippen molar-refractivity contribution in [2.24, 2.45) is 0 Å². The molecule has 1 aliphatic rings. The first kappa shape index (κ1) is 22.9. The van der Waals surface area contributed by atoms with E-state index in [0.29, 0.717) is 57.7 Å². The van der Waals surface area contributed by atoms with Crippen LogP contribution in [0.1, 0.15) is 0 Å². The number of hydrogen-bond acceptors (Lipinski definition) is 5. The fourth-order valence-electron chi connectivity index (χ4n) is 3.34. The number of anilines is 1. The number of piperazine rings is 1. The molecule has 10 heteroatoms. The molecule has 0 spiro atoms. The number of amides is 1. The molecule has 0 aliphatic carbocycles. The molecule has 1 saturated heterocycles. The minimum Gasteiger partial charge on any atom is -0.482 e. The van der Waals surface area contributed by atoms with E-state index in [-0.39, 0.29) is 12.5 Å². The summed E-state index contributed by atoms with van der Waals surface area (Å²) in [7, 11) is 0. The molecule has 3 aromatic rings. The molecule has 32 heavy (non-hydrogen) atoms. The van der Waals surface area contributed by atoms with Gasteiger partial charge in [0.1, 0.15) is 5.75 Å². The normalized spacial score (nSPS) is 13.9. The number of carbonyl (C=O) groups excluding carboxylic acids is 1. The van der Waals surface area contributed by atoms with E-state index in [2.05, 4.69) is 15.1 Å². The second-order valence-electron chi connectivity index (χ2n) is 7.13. The molecule has 0 N–H and O–H groups in total. The summed E-state index contributed by atoms with van der Waals surface area (Å²) < 4.78 is 5.55. The Balaban J connectivity index is 1.31. The van der Waals surface area contributed by atoms with Gasteiger partial charge >= 0.3 is 0 Å². The summed E-state index contributed by atoms with van der Waals surface area (Å²) in [5.74, 6) is 1.07. The molecule has 0 unspecified atom stereocenters. The molecule has 1 aromatic heterocycles. The number of hydrogen-bond donors (Lipinski definition) is 0. The van der Waals surface area contributed by atoms with Gasteiger partial charge in [0, 0.05) is 41.8 Å². The number of ether oxygens (including phenoxy) is 1. The van der Waals surface area contributed by atoms with Crippen molar-refractivity contribution in [2.45, 2.75) is 0 Å². The molecule has 0 saturated carbocycles.